The van der Waals surface area contributed by atoms with Crippen LogP contribution >= 0.6 is 23.5 Å². The van der Waals surface area contributed by atoms with Gasteiger partial charge >= 0.3 is 0 Å². The molecule has 1 aromatic heterocycles. The number of benzene rings is 1. The van der Waals surface area contributed by atoms with Gasteiger partial charge in [0, 0.05) is 22.9 Å². The minimum absolute atomic E-state index is 0.00349. The van der Waals surface area contributed by atoms with Crippen LogP contribution in [0.15, 0.2) is 45.7 Å². The van der Waals surface area contributed by atoms with Gasteiger partial charge in [-0.3, -0.25) is 4.79 Å². The Balaban J connectivity index is 1.65. The van der Waals surface area contributed by atoms with Crippen LogP contribution in [0.4, 0.5) is 4.39 Å². The van der Waals surface area contributed by atoms with Gasteiger partial charge < -0.3 is 9.32 Å². The lowest BCUT2D eigenvalue weighted by molar-refractivity contribution is -0.130. The second-order valence-corrected chi connectivity index (χ2v) is 7.57. The third-order valence-electron chi connectivity index (χ3n) is 3.71. The van der Waals surface area contributed by atoms with E-state index >= 15 is 0 Å². The van der Waals surface area contributed by atoms with Crippen molar-refractivity contribution >= 4 is 29.4 Å². The van der Waals surface area contributed by atoms with Crippen molar-refractivity contribution in [3.8, 4) is 0 Å². The second-order valence-electron chi connectivity index (χ2n) is 5.37. The molecule has 1 amide bonds. The third-order valence-corrected chi connectivity index (χ3v) is 5.73. The van der Waals surface area contributed by atoms with Crippen LogP contribution in [-0.2, 0) is 4.79 Å². The van der Waals surface area contributed by atoms with Crippen LogP contribution in [0.5, 0.6) is 0 Å². The predicted molar refractivity (Wildman–Crippen MR) is 92.3 cm³/mol. The molecule has 0 bridgehead atoms. The standard InChI is InChI=1S/C17H18FNO2S2/c1-12-2-7-16(21-12)15-10-22-9-8-19(15)17(20)11-23-14-5-3-13(18)4-6-14/h2-7,15H,8-11H2,1H3/t15-/m0/s1. The number of hydrogen-bond acceptors (Lipinski definition) is 4. The van der Waals surface area contributed by atoms with E-state index in [0.717, 1.165) is 34.5 Å². The Labute approximate surface area is 143 Å². The Bertz CT molecular complexity index is 671. The van der Waals surface area contributed by atoms with Crippen molar-refractivity contribution in [2.75, 3.05) is 23.8 Å². The van der Waals surface area contributed by atoms with Gasteiger partial charge in [-0.05, 0) is 43.3 Å². The molecule has 3 nitrogen and oxygen atoms in total. The Hall–Kier alpha value is -1.40. The minimum atomic E-state index is -0.262. The van der Waals surface area contributed by atoms with Gasteiger partial charge in [0.1, 0.15) is 17.3 Å². The van der Waals surface area contributed by atoms with Crippen LogP contribution in [0, 0.1) is 12.7 Å². The van der Waals surface area contributed by atoms with Crippen LogP contribution in [0.25, 0.3) is 0 Å². The van der Waals surface area contributed by atoms with Gasteiger partial charge in [0.15, 0.2) is 0 Å². The van der Waals surface area contributed by atoms with Crippen molar-refractivity contribution in [3.05, 3.63) is 53.7 Å². The summed E-state index contributed by atoms with van der Waals surface area (Å²) in [6.07, 6.45) is 0. The fraction of sp³-hybridized carbons (Fsp3) is 0.353. The topological polar surface area (TPSA) is 33.5 Å². The highest BCUT2D eigenvalue weighted by molar-refractivity contribution is 8.00. The molecule has 2 aromatic rings. The van der Waals surface area contributed by atoms with Gasteiger partial charge in [-0.2, -0.15) is 11.8 Å². The third kappa shape index (κ3) is 4.12. The first-order chi connectivity index (χ1) is 11.1. The molecule has 0 unspecified atom stereocenters. The maximum absolute atomic E-state index is 12.9. The highest BCUT2D eigenvalue weighted by Gasteiger charge is 2.30. The molecule has 3 rings (SSSR count). The van der Waals surface area contributed by atoms with Gasteiger partial charge in [-0.1, -0.05) is 0 Å². The summed E-state index contributed by atoms with van der Waals surface area (Å²) in [5.74, 6) is 3.72. The molecule has 1 saturated heterocycles. The summed E-state index contributed by atoms with van der Waals surface area (Å²) in [4.78, 5) is 15.4. The average Bonchev–Trinajstić information content (AvgIpc) is 3.00. The molecule has 2 heterocycles. The molecule has 122 valence electrons. The van der Waals surface area contributed by atoms with Gasteiger partial charge in [0.05, 0.1) is 11.8 Å². The first-order valence-corrected chi connectivity index (χ1v) is 9.59. The molecule has 0 N–H and O–H groups in total. The molecule has 0 radical (unpaired) electrons. The molecular formula is C17H18FNO2S2. The normalized spacial score (nSPS) is 18.2. The van der Waals surface area contributed by atoms with E-state index in [1.165, 1.54) is 23.9 Å². The zero-order chi connectivity index (χ0) is 16.2. The zero-order valence-corrected chi connectivity index (χ0v) is 14.5. The van der Waals surface area contributed by atoms with Gasteiger partial charge in [0.2, 0.25) is 5.91 Å². The van der Waals surface area contributed by atoms with E-state index in [9.17, 15) is 9.18 Å². The molecule has 1 aromatic carbocycles. The first-order valence-electron chi connectivity index (χ1n) is 7.45. The highest BCUT2D eigenvalue weighted by Crippen LogP contribution is 2.31. The van der Waals surface area contributed by atoms with Gasteiger partial charge in [-0.15, -0.1) is 11.8 Å². The molecule has 0 spiro atoms. The van der Waals surface area contributed by atoms with E-state index in [2.05, 4.69) is 0 Å². The van der Waals surface area contributed by atoms with Crippen molar-refractivity contribution in [3.63, 3.8) is 0 Å². The summed E-state index contributed by atoms with van der Waals surface area (Å²) in [5, 5.41) is 0. The quantitative estimate of drug-likeness (QED) is 0.776. The number of halogens is 1. The molecule has 1 fully saturated rings. The first kappa shape index (κ1) is 16.5. The fourth-order valence-electron chi connectivity index (χ4n) is 2.53. The van der Waals surface area contributed by atoms with Crippen LogP contribution in [-0.4, -0.2) is 34.6 Å². The Morgan fingerprint density at radius 3 is 2.83 bits per heavy atom. The zero-order valence-electron chi connectivity index (χ0n) is 12.8. The van der Waals surface area contributed by atoms with E-state index in [1.54, 1.807) is 12.1 Å². The Morgan fingerprint density at radius 2 is 2.13 bits per heavy atom. The lowest BCUT2D eigenvalue weighted by atomic mass is 10.2. The number of nitrogens with zero attached hydrogens (tertiary/aromatic N) is 1. The van der Waals surface area contributed by atoms with Crippen LogP contribution < -0.4 is 0 Å². The van der Waals surface area contributed by atoms with Crippen molar-refractivity contribution in [1.82, 2.24) is 4.90 Å². The second kappa shape index (κ2) is 7.45. The van der Waals surface area contributed by atoms with E-state index < -0.39 is 0 Å². The monoisotopic (exact) mass is 351 g/mol. The number of rotatable bonds is 4. The maximum Gasteiger partial charge on any atom is 0.233 e. The lowest BCUT2D eigenvalue weighted by Crippen LogP contribution is -2.41. The molecule has 1 aliphatic heterocycles. The highest BCUT2D eigenvalue weighted by atomic mass is 32.2. The number of thioether (sulfide) groups is 2. The number of hydrogen-bond donors (Lipinski definition) is 0. The van der Waals surface area contributed by atoms with Crippen molar-refractivity contribution in [2.45, 2.75) is 17.9 Å². The van der Waals surface area contributed by atoms with Gasteiger partial charge in [0.25, 0.3) is 0 Å². The predicted octanol–water partition coefficient (Wildman–Crippen LogP) is 4.14. The van der Waals surface area contributed by atoms with Crippen LogP contribution in [0.3, 0.4) is 0 Å². The number of amides is 1. The number of aryl methyl sites for hydroxylation is 1. The lowest BCUT2D eigenvalue weighted by Gasteiger charge is -2.34. The van der Waals surface area contributed by atoms with Crippen molar-refractivity contribution < 1.29 is 13.6 Å². The summed E-state index contributed by atoms with van der Waals surface area (Å²) in [6.45, 7) is 2.65. The van der Waals surface area contributed by atoms with Gasteiger partial charge in [-0.25, -0.2) is 4.39 Å². The SMILES string of the molecule is Cc1ccc([C@@H]2CSCCN2C(=O)CSc2ccc(F)cc2)o1. The van der Waals surface area contributed by atoms with Crippen molar-refractivity contribution in [1.29, 1.82) is 0 Å². The molecule has 1 atom stereocenters. The van der Waals surface area contributed by atoms with Crippen LogP contribution in [0.2, 0.25) is 0 Å². The summed E-state index contributed by atoms with van der Waals surface area (Å²) >= 11 is 3.28. The van der Waals surface area contributed by atoms with E-state index in [-0.39, 0.29) is 17.8 Å². The Kier molecular flexibility index (Phi) is 5.33. The summed E-state index contributed by atoms with van der Waals surface area (Å²) in [5.41, 5.74) is 0. The van der Waals surface area contributed by atoms with Crippen molar-refractivity contribution in [2.24, 2.45) is 0 Å². The number of carbonyl (C=O) groups is 1. The molecule has 0 saturated carbocycles. The van der Waals surface area contributed by atoms with Crippen LogP contribution in [0.1, 0.15) is 17.6 Å². The Morgan fingerprint density at radius 1 is 1.35 bits per heavy atom. The summed E-state index contributed by atoms with van der Waals surface area (Å²) in [6, 6.07) is 10.1. The maximum atomic E-state index is 12.9. The number of carbonyl (C=O) groups excluding carboxylic acids is 1. The molecule has 1 aliphatic rings. The van der Waals surface area contributed by atoms with E-state index in [0.29, 0.717) is 5.75 Å². The molecule has 0 aliphatic carbocycles. The molecular weight excluding hydrogens is 333 g/mol. The largest absolute Gasteiger partial charge is 0.464 e. The average molecular weight is 351 g/mol. The smallest absolute Gasteiger partial charge is 0.233 e. The number of furan rings is 1. The minimum Gasteiger partial charge on any atom is -0.464 e. The van der Waals surface area contributed by atoms with E-state index in [1.807, 2.05) is 35.7 Å². The van der Waals surface area contributed by atoms with E-state index in [4.69, 9.17) is 4.42 Å². The molecule has 6 heteroatoms. The summed E-state index contributed by atoms with van der Waals surface area (Å²) < 4.78 is 18.6. The fourth-order valence-corrected chi connectivity index (χ4v) is 4.37. The molecule has 23 heavy (non-hydrogen) atoms. The summed E-state index contributed by atoms with van der Waals surface area (Å²) in [7, 11) is 0.